The molecule has 0 saturated heterocycles. The van der Waals surface area contributed by atoms with Crippen LogP contribution in [0.25, 0.3) is 0 Å². The summed E-state index contributed by atoms with van der Waals surface area (Å²) in [5, 5.41) is 0. The molecule has 0 fully saturated rings. The SMILES string of the molecule is C[Si](C)(C)O[SiH2]C(CCN1C(=O)C=CC1=O)([SiH2]O[Si](C)(C)C)[SiH2]O[Si](C)(C)C. The molecular formula is C16H39NO5Si6. The van der Waals surface area contributed by atoms with Crippen LogP contribution in [0.3, 0.4) is 0 Å². The number of imide groups is 1. The zero-order valence-electron chi connectivity index (χ0n) is 19.2. The lowest BCUT2D eigenvalue weighted by atomic mass is 10.4. The van der Waals surface area contributed by atoms with Crippen molar-refractivity contribution in [2.75, 3.05) is 6.54 Å². The molecule has 0 aromatic rings. The molecule has 1 aliphatic rings. The van der Waals surface area contributed by atoms with E-state index in [4.69, 9.17) is 12.3 Å². The Morgan fingerprint density at radius 3 is 1.36 bits per heavy atom. The van der Waals surface area contributed by atoms with Gasteiger partial charge in [0.15, 0.2) is 54.2 Å². The molecule has 1 rings (SSSR count). The molecule has 162 valence electrons. The van der Waals surface area contributed by atoms with Crippen LogP contribution in [0.4, 0.5) is 0 Å². The summed E-state index contributed by atoms with van der Waals surface area (Å²) in [6.45, 7) is 20.5. The number of nitrogens with zero attached hydrogens (tertiary/aromatic N) is 1. The fraction of sp³-hybridized carbons (Fsp3) is 0.750. The molecule has 0 aromatic heterocycles. The van der Waals surface area contributed by atoms with Gasteiger partial charge in [0.25, 0.3) is 11.8 Å². The Balaban J connectivity index is 3.04. The van der Waals surface area contributed by atoms with Crippen LogP contribution in [0.2, 0.25) is 63.2 Å². The van der Waals surface area contributed by atoms with Crippen molar-refractivity contribution in [1.29, 1.82) is 0 Å². The first-order valence-electron chi connectivity index (χ1n) is 9.97. The summed E-state index contributed by atoms with van der Waals surface area (Å²) in [5.41, 5.74) is 0. The number of amides is 2. The lowest BCUT2D eigenvalue weighted by Crippen LogP contribution is -2.48. The second-order valence-corrected chi connectivity index (χ2v) is 35.1. The lowest BCUT2D eigenvalue weighted by molar-refractivity contribution is -0.136. The van der Waals surface area contributed by atoms with Crippen molar-refractivity contribution in [3.05, 3.63) is 12.2 Å². The van der Waals surface area contributed by atoms with Crippen LogP contribution in [0.1, 0.15) is 6.42 Å². The van der Waals surface area contributed by atoms with E-state index < -0.39 is 54.2 Å². The molecule has 0 atom stereocenters. The summed E-state index contributed by atoms with van der Waals surface area (Å²) in [6.07, 6.45) is 3.52. The summed E-state index contributed by atoms with van der Waals surface area (Å²) >= 11 is 0. The van der Waals surface area contributed by atoms with E-state index in [1.54, 1.807) is 0 Å². The number of carbonyl (C=O) groups is 2. The minimum absolute atomic E-state index is 0.0317. The first-order chi connectivity index (χ1) is 12.5. The smallest absolute Gasteiger partial charge is 0.253 e. The third-order valence-electron chi connectivity index (χ3n) is 4.20. The molecule has 12 heteroatoms. The predicted octanol–water partition coefficient (Wildman–Crippen LogP) is 1.18. The Morgan fingerprint density at radius 2 is 1.07 bits per heavy atom. The van der Waals surface area contributed by atoms with E-state index >= 15 is 0 Å². The number of hydrogen-bond donors (Lipinski definition) is 0. The van der Waals surface area contributed by atoms with Gasteiger partial charge in [-0.3, -0.25) is 14.5 Å². The van der Waals surface area contributed by atoms with Gasteiger partial charge < -0.3 is 12.3 Å². The van der Waals surface area contributed by atoms with Gasteiger partial charge in [-0.1, -0.05) is 0 Å². The third kappa shape index (κ3) is 10.2. The van der Waals surface area contributed by atoms with Gasteiger partial charge in [0.05, 0.1) is 0 Å². The maximum absolute atomic E-state index is 12.0. The highest BCUT2D eigenvalue weighted by atomic mass is 28.4. The van der Waals surface area contributed by atoms with Crippen LogP contribution in [-0.2, 0) is 21.9 Å². The average molecular weight is 494 g/mol. The Morgan fingerprint density at radius 1 is 0.750 bits per heavy atom. The summed E-state index contributed by atoms with van der Waals surface area (Å²) in [7, 11) is -7.60. The van der Waals surface area contributed by atoms with Crippen molar-refractivity contribution < 1.29 is 21.9 Å². The predicted molar refractivity (Wildman–Crippen MR) is 132 cm³/mol. The summed E-state index contributed by atoms with van der Waals surface area (Å²) < 4.78 is 19.6. The van der Waals surface area contributed by atoms with Gasteiger partial charge in [-0.15, -0.1) is 0 Å². The Hall–Kier alpha value is 0.0613. The van der Waals surface area contributed by atoms with Crippen LogP contribution < -0.4 is 0 Å². The molecule has 1 aliphatic heterocycles. The van der Waals surface area contributed by atoms with Gasteiger partial charge in [-0.2, -0.15) is 0 Å². The highest BCUT2D eigenvalue weighted by Gasteiger charge is 2.39. The van der Waals surface area contributed by atoms with E-state index in [1.165, 1.54) is 17.1 Å². The fourth-order valence-electron chi connectivity index (χ4n) is 2.45. The van der Waals surface area contributed by atoms with Gasteiger partial charge in [-0.05, 0) is 65.3 Å². The molecule has 0 radical (unpaired) electrons. The quantitative estimate of drug-likeness (QED) is 0.302. The van der Waals surface area contributed by atoms with E-state index in [-0.39, 0.29) is 16.1 Å². The van der Waals surface area contributed by atoms with Crippen molar-refractivity contribution in [2.24, 2.45) is 0 Å². The molecule has 0 bridgehead atoms. The average Bonchev–Trinajstić information content (AvgIpc) is 2.82. The summed E-state index contributed by atoms with van der Waals surface area (Å²) in [4.78, 5) is 25.4. The Bertz CT molecular complexity index is 530. The highest BCUT2D eigenvalue weighted by Crippen LogP contribution is 2.32. The monoisotopic (exact) mass is 493 g/mol. The third-order valence-corrected chi connectivity index (χ3v) is 22.9. The normalized spacial score (nSPS) is 19.4. The first-order valence-corrected chi connectivity index (χ1v) is 24.1. The first kappa shape index (κ1) is 26.1. The molecule has 2 amide bonds. The molecule has 6 nitrogen and oxygen atoms in total. The van der Waals surface area contributed by atoms with Crippen molar-refractivity contribution in [3.8, 4) is 0 Å². The van der Waals surface area contributed by atoms with Crippen LogP contribution in [0, 0.1) is 0 Å². The molecule has 1 heterocycles. The maximum atomic E-state index is 12.0. The second-order valence-electron chi connectivity index (χ2n) is 10.6. The van der Waals surface area contributed by atoms with E-state index in [0.717, 1.165) is 6.42 Å². The molecule has 0 N–H and O–H groups in total. The minimum Gasteiger partial charge on any atom is -0.461 e. The standard InChI is InChI=1S/C16H39NO5Si6/c1-26(2,3)20-23-16(24-21-27(4,5)6,25-22-28(7,8)9)12-13-17-14(18)10-11-15(17)19/h10-11H,12-13,23-25H2,1-9H3. The zero-order valence-corrected chi connectivity index (χ0v) is 26.4. The summed E-state index contributed by atoms with van der Waals surface area (Å²) in [6, 6.07) is 0. The lowest BCUT2D eigenvalue weighted by Gasteiger charge is -2.38. The van der Waals surface area contributed by atoms with Crippen molar-refractivity contribution in [3.63, 3.8) is 0 Å². The van der Waals surface area contributed by atoms with Crippen LogP contribution in [0.5, 0.6) is 0 Å². The van der Waals surface area contributed by atoms with Gasteiger partial charge in [-0.25, -0.2) is 0 Å². The van der Waals surface area contributed by atoms with E-state index in [0.29, 0.717) is 6.54 Å². The van der Waals surface area contributed by atoms with E-state index in [2.05, 4.69) is 58.9 Å². The summed E-state index contributed by atoms with van der Waals surface area (Å²) in [5.74, 6) is -0.403. The maximum Gasteiger partial charge on any atom is 0.253 e. The minimum atomic E-state index is -1.65. The van der Waals surface area contributed by atoms with E-state index in [9.17, 15) is 9.59 Å². The number of carbonyl (C=O) groups excluding carboxylic acids is 2. The molecular weight excluding hydrogens is 455 g/mol. The van der Waals surface area contributed by atoms with Crippen molar-refractivity contribution in [2.45, 2.75) is 69.6 Å². The Kier molecular flexibility index (Phi) is 9.24. The second kappa shape index (κ2) is 9.91. The van der Waals surface area contributed by atoms with Crippen LogP contribution in [-0.4, -0.2) is 77.5 Å². The van der Waals surface area contributed by atoms with Crippen molar-refractivity contribution >= 4 is 66.1 Å². The molecule has 0 unspecified atom stereocenters. The zero-order chi connectivity index (χ0) is 21.8. The molecule has 0 saturated carbocycles. The van der Waals surface area contributed by atoms with Gasteiger partial charge in [0, 0.05) is 23.0 Å². The van der Waals surface area contributed by atoms with Crippen molar-refractivity contribution in [1.82, 2.24) is 4.90 Å². The van der Waals surface area contributed by atoms with Gasteiger partial charge in [0.2, 0.25) is 0 Å². The number of hydrogen-bond acceptors (Lipinski definition) is 5. The van der Waals surface area contributed by atoms with Crippen LogP contribution >= 0.6 is 0 Å². The number of rotatable bonds is 12. The molecule has 28 heavy (non-hydrogen) atoms. The van der Waals surface area contributed by atoms with Gasteiger partial charge >= 0.3 is 0 Å². The highest BCUT2D eigenvalue weighted by molar-refractivity contribution is 6.86. The molecule has 0 aromatic carbocycles. The molecule has 0 aliphatic carbocycles. The topological polar surface area (TPSA) is 65.1 Å². The van der Waals surface area contributed by atoms with Crippen LogP contribution in [0.15, 0.2) is 12.2 Å². The largest absolute Gasteiger partial charge is 0.461 e. The van der Waals surface area contributed by atoms with Gasteiger partial charge in [0.1, 0.15) is 0 Å². The van der Waals surface area contributed by atoms with E-state index in [1.807, 2.05) is 0 Å². The molecule has 0 spiro atoms. The Labute approximate surface area is 181 Å². The fourth-order valence-corrected chi connectivity index (χ4v) is 18.7.